The molecule has 0 bridgehead atoms. The van der Waals surface area contributed by atoms with Crippen LogP contribution in [0.2, 0.25) is 0 Å². The molecule has 10 nitrogen and oxygen atoms in total. The molecule has 0 spiro atoms. The Morgan fingerprint density at radius 1 is 0.207 bits per heavy atom. The third-order valence-electron chi connectivity index (χ3n) is 9.61. The van der Waals surface area contributed by atoms with Gasteiger partial charge < -0.3 is 50.2 Å². The lowest BCUT2D eigenvalue weighted by Crippen LogP contribution is -2.26. The fourth-order valence-electron chi connectivity index (χ4n) is 6.23. The van der Waals surface area contributed by atoms with E-state index in [9.17, 15) is 87.8 Å². The maximum Gasteiger partial charge on any atom is 0.631 e. The summed E-state index contributed by atoms with van der Waals surface area (Å²) >= 11 is 0. The number of rotatable bonds is 18. The van der Waals surface area contributed by atoms with E-state index in [1.54, 1.807) is 0 Å². The molecule has 474 valence electrons. The van der Waals surface area contributed by atoms with Gasteiger partial charge in [0, 0.05) is 0 Å². The van der Waals surface area contributed by atoms with Crippen molar-refractivity contribution in [1.82, 2.24) is 14.7 Å². The van der Waals surface area contributed by atoms with E-state index in [1.165, 1.54) is 117 Å². The van der Waals surface area contributed by atoms with Gasteiger partial charge in [0.05, 0.1) is 0 Å². The van der Waals surface area contributed by atoms with E-state index >= 15 is 0 Å². The van der Waals surface area contributed by atoms with Crippen LogP contribution in [0.25, 0.3) is 0 Å². The lowest BCUT2D eigenvalue weighted by molar-refractivity contribution is 0.275. The second-order valence-corrected chi connectivity index (χ2v) is 16.5. The number of halogens is 20. The van der Waals surface area contributed by atoms with Crippen molar-refractivity contribution in [2.24, 2.45) is 0 Å². The number of benzene rings is 4. The molecule has 0 atom stereocenters. The van der Waals surface area contributed by atoms with Crippen LogP contribution in [0.5, 0.6) is 23.0 Å². The maximum absolute atomic E-state index is 12.2. The molecule has 82 heavy (non-hydrogen) atoms. The minimum absolute atomic E-state index is 1.28. The summed E-state index contributed by atoms with van der Waals surface area (Å²) in [5.41, 5.74) is 0. The summed E-state index contributed by atoms with van der Waals surface area (Å²) in [6.45, 7) is 31.8. The first-order valence-electron chi connectivity index (χ1n) is 25.2. The van der Waals surface area contributed by atoms with E-state index < -0.39 is 147 Å². The summed E-state index contributed by atoms with van der Waals surface area (Å²) in [7, 11) is -2.17. The highest BCUT2D eigenvalue weighted by atomic mass is 19.2. The van der Waals surface area contributed by atoms with Crippen LogP contribution in [0.1, 0.15) is 120 Å². The van der Waals surface area contributed by atoms with Crippen LogP contribution >= 0.6 is 0 Å². The molecule has 4 aromatic carbocycles. The minimum Gasteiger partial charge on any atom is -0.503 e. The average Bonchev–Trinajstić information content (AvgIpc) is 3.44. The fraction of sp³-hybridized carbons (Fsp3) is 0.529. The van der Waals surface area contributed by atoms with Crippen LogP contribution in [-0.2, 0) is 0 Å². The zero-order chi connectivity index (χ0) is 64.9. The van der Waals surface area contributed by atoms with E-state index in [4.69, 9.17) is 35.5 Å². The van der Waals surface area contributed by atoms with Gasteiger partial charge >= 0.3 is 7.32 Å². The molecule has 0 saturated heterocycles. The molecule has 4 rings (SSSR count). The topological polar surface area (TPSA) is 151 Å². The van der Waals surface area contributed by atoms with E-state index in [0.717, 1.165) is 0 Å². The average molecular weight is 1230 g/mol. The monoisotopic (exact) mass is 1230 g/mol. The van der Waals surface area contributed by atoms with Crippen LogP contribution in [0, 0.1) is 116 Å². The van der Waals surface area contributed by atoms with Crippen molar-refractivity contribution < 1.29 is 123 Å². The first-order valence-corrected chi connectivity index (χ1v) is 25.2. The molecule has 0 heterocycles. The van der Waals surface area contributed by atoms with Crippen LogP contribution in [-0.4, -0.2) is 116 Å². The minimum atomic E-state index is -2.29. The summed E-state index contributed by atoms with van der Waals surface area (Å²) in [6.07, 6.45) is 11.6. The molecule has 0 aliphatic heterocycles. The van der Waals surface area contributed by atoms with Crippen molar-refractivity contribution >= 4 is 7.32 Å². The van der Waals surface area contributed by atoms with Crippen molar-refractivity contribution in [1.29, 1.82) is 0 Å². The molecule has 0 aliphatic carbocycles. The van der Waals surface area contributed by atoms with Gasteiger partial charge in [0.1, 0.15) is 0 Å². The van der Waals surface area contributed by atoms with Crippen LogP contribution in [0.4, 0.5) is 87.8 Å². The fourth-order valence-corrected chi connectivity index (χ4v) is 6.23. The maximum atomic E-state index is 12.2. The zero-order valence-electron chi connectivity index (χ0n) is 46.3. The molecule has 0 unspecified atom stereocenters. The van der Waals surface area contributed by atoms with Gasteiger partial charge in [-0.1, -0.05) is 62.3 Å². The Kier molecular flexibility index (Phi) is 45.5. The first kappa shape index (κ1) is 83.0. The number of nitrogens with zero attached hydrogens (tertiary/aromatic N) is 3. The SMILES string of the molecule is CCCN(CCC)CCC.CCCN(CCC)CCC.CCCN(CCC)CCC.OB(O)O.Oc1c(F)c(F)c(F)c(F)c1F.Oc1c(F)c(F)c(F)c(F)c1F.Oc1c(F)c(F)c(F)c(F)c1F.Oc1c(F)c(F)c(F)c(F)c1F. The van der Waals surface area contributed by atoms with Gasteiger partial charge in [-0.2, -0.15) is 35.1 Å². The highest BCUT2D eigenvalue weighted by Gasteiger charge is 2.28. The van der Waals surface area contributed by atoms with Gasteiger partial charge in [-0.15, -0.1) is 0 Å². The lowest BCUT2D eigenvalue weighted by Gasteiger charge is -2.19. The quantitative estimate of drug-likeness (QED) is 0.0222. The number of phenols is 4. The largest absolute Gasteiger partial charge is 0.631 e. The molecule has 0 saturated carbocycles. The van der Waals surface area contributed by atoms with Gasteiger partial charge in [0.15, 0.2) is 23.0 Å². The second kappa shape index (κ2) is 45.0. The van der Waals surface area contributed by atoms with Crippen molar-refractivity contribution in [3.05, 3.63) is 116 Å². The van der Waals surface area contributed by atoms with Crippen LogP contribution < -0.4 is 0 Å². The van der Waals surface area contributed by atoms with E-state index in [1.807, 2.05) is 0 Å². The van der Waals surface area contributed by atoms with Gasteiger partial charge in [-0.05, 0) is 117 Å². The molecule has 7 N–H and O–H groups in total. The second-order valence-electron chi connectivity index (χ2n) is 16.5. The van der Waals surface area contributed by atoms with E-state index in [2.05, 4.69) is 77.0 Å². The molecular formula is C51H70BF20N3O7. The Morgan fingerprint density at radius 3 is 0.354 bits per heavy atom. The van der Waals surface area contributed by atoms with E-state index in [-0.39, 0.29) is 0 Å². The summed E-state index contributed by atoms with van der Waals surface area (Å²) in [4.78, 5) is 7.63. The molecule has 0 aromatic heterocycles. The van der Waals surface area contributed by atoms with Gasteiger partial charge in [-0.3, -0.25) is 0 Å². The van der Waals surface area contributed by atoms with Gasteiger partial charge in [0.25, 0.3) is 0 Å². The third-order valence-corrected chi connectivity index (χ3v) is 9.61. The molecule has 0 radical (unpaired) electrons. The number of hydrogen-bond donors (Lipinski definition) is 7. The first-order chi connectivity index (χ1) is 38.1. The summed E-state index contributed by atoms with van der Waals surface area (Å²) < 4.78 is 243. The summed E-state index contributed by atoms with van der Waals surface area (Å²) in [5.74, 6) is -51.8. The molecule has 0 amide bonds. The highest BCUT2D eigenvalue weighted by Crippen LogP contribution is 2.30. The summed E-state index contributed by atoms with van der Waals surface area (Å²) in [5, 5.41) is 54.7. The lowest BCUT2D eigenvalue weighted by atomic mass is 10.3. The predicted molar refractivity (Wildman–Crippen MR) is 266 cm³/mol. The Hall–Kier alpha value is -5.50. The van der Waals surface area contributed by atoms with Gasteiger partial charge in [0.2, 0.25) is 116 Å². The molecule has 0 aliphatic rings. The van der Waals surface area contributed by atoms with Crippen LogP contribution in [0.3, 0.4) is 0 Å². The molecular weight excluding hydrogens is 1160 g/mol. The predicted octanol–water partition coefficient (Wildman–Crippen LogP) is 13.9. The summed E-state index contributed by atoms with van der Waals surface area (Å²) in [6, 6.07) is 0. The molecule has 31 heteroatoms. The van der Waals surface area contributed by atoms with Crippen molar-refractivity contribution in [2.75, 3.05) is 58.9 Å². The normalized spacial score (nSPS) is 10.4. The number of hydrogen-bond acceptors (Lipinski definition) is 10. The molecule has 4 aromatic rings. The van der Waals surface area contributed by atoms with Gasteiger partial charge in [-0.25, -0.2) is 52.7 Å². The van der Waals surface area contributed by atoms with Crippen molar-refractivity contribution in [2.45, 2.75) is 120 Å². The number of phenolic OH excluding ortho intramolecular Hbond substituents is 4. The Labute approximate surface area is 463 Å². The standard InChI is InChI=1S/3C9H21N.4C6HF5O.BH3O3/c3*1-4-7-10(8-5-2)9-6-3;4*7-1-2(8)4(10)6(12)5(11)3(1)9;2-1(3)4/h3*4-9H2,1-3H3;4*12H;2-4H. The Morgan fingerprint density at radius 2 is 0.280 bits per heavy atom. The van der Waals surface area contributed by atoms with E-state index in [0.29, 0.717) is 0 Å². The highest BCUT2D eigenvalue weighted by molar-refractivity contribution is 6.30. The zero-order valence-corrected chi connectivity index (χ0v) is 46.3. The van der Waals surface area contributed by atoms with Crippen molar-refractivity contribution in [3.63, 3.8) is 0 Å². The number of aromatic hydroxyl groups is 4. The Balaban J connectivity index is -0.000000429. The van der Waals surface area contributed by atoms with Crippen molar-refractivity contribution in [3.8, 4) is 23.0 Å². The smallest absolute Gasteiger partial charge is 0.503 e. The Bertz CT molecular complexity index is 1680. The van der Waals surface area contributed by atoms with Crippen LogP contribution in [0.15, 0.2) is 0 Å². The third kappa shape index (κ3) is 29.2. The molecule has 0 fully saturated rings.